The van der Waals surface area contributed by atoms with Crippen LogP contribution in [0.15, 0.2) is 48.6 Å². The number of ketones is 1. The number of benzene rings is 2. The van der Waals surface area contributed by atoms with Gasteiger partial charge in [-0.2, -0.15) is 0 Å². The van der Waals surface area contributed by atoms with Crippen molar-refractivity contribution in [3.8, 4) is 23.0 Å². The molecular weight excluding hydrogens is 392 g/mol. The number of carbonyl (C=O) groups excluding carboxylic acids is 1. The second kappa shape index (κ2) is 8.50. The Hall–Kier alpha value is -3.21. The Balaban J connectivity index is 1.80. The molecular formula is C26H28O5. The summed E-state index contributed by atoms with van der Waals surface area (Å²) in [6, 6.07) is 7.49. The van der Waals surface area contributed by atoms with Crippen molar-refractivity contribution in [2.24, 2.45) is 0 Å². The summed E-state index contributed by atoms with van der Waals surface area (Å²) in [5.74, 6) is 2.36. The molecule has 5 heteroatoms. The van der Waals surface area contributed by atoms with Gasteiger partial charge in [-0.05, 0) is 57.0 Å². The van der Waals surface area contributed by atoms with E-state index in [0.717, 1.165) is 28.2 Å². The number of allylic oxidation sites excluding steroid dienone is 2. The van der Waals surface area contributed by atoms with Crippen molar-refractivity contribution >= 4 is 5.78 Å². The van der Waals surface area contributed by atoms with Crippen molar-refractivity contribution in [2.75, 3.05) is 20.3 Å². The van der Waals surface area contributed by atoms with Crippen LogP contribution in [0.25, 0.3) is 0 Å². The maximum absolute atomic E-state index is 13.7. The fraction of sp³-hybridized carbons (Fsp3) is 0.346. The van der Waals surface area contributed by atoms with Gasteiger partial charge in [0, 0.05) is 11.1 Å². The van der Waals surface area contributed by atoms with Crippen LogP contribution in [-0.2, 0) is 6.42 Å². The third-order valence-corrected chi connectivity index (χ3v) is 5.74. The first kappa shape index (κ1) is 21.0. The number of Topliss-reactive ketones (excluding diaryl/α,β-unsaturated/α-hetero) is 1. The maximum Gasteiger partial charge on any atom is 0.178 e. The Bertz CT molecular complexity index is 1060. The van der Waals surface area contributed by atoms with Gasteiger partial charge in [0.1, 0.15) is 42.3 Å². The molecule has 2 heterocycles. The van der Waals surface area contributed by atoms with Crippen molar-refractivity contribution < 1.29 is 23.7 Å². The molecule has 162 valence electrons. The van der Waals surface area contributed by atoms with E-state index in [9.17, 15) is 4.79 Å². The van der Waals surface area contributed by atoms with Crippen LogP contribution in [0.4, 0.5) is 0 Å². The Morgan fingerprint density at radius 3 is 2.77 bits per heavy atom. The van der Waals surface area contributed by atoms with Crippen molar-refractivity contribution in [3.05, 3.63) is 70.8 Å². The highest BCUT2D eigenvalue weighted by Crippen LogP contribution is 2.47. The number of hydrogen-bond acceptors (Lipinski definition) is 5. The molecule has 0 saturated carbocycles. The van der Waals surface area contributed by atoms with Gasteiger partial charge >= 0.3 is 0 Å². The molecule has 2 aliphatic rings. The van der Waals surface area contributed by atoms with Crippen LogP contribution < -0.4 is 18.9 Å². The molecule has 5 nitrogen and oxygen atoms in total. The second-order valence-corrected chi connectivity index (χ2v) is 8.17. The Morgan fingerprint density at radius 1 is 1.26 bits per heavy atom. The van der Waals surface area contributed by atoms with E-state index in [0.29, 0.717) is 36.7 Å². The molecule has 0 radical (unpaired) electrons. The molecule has 0 saturated heterocycles. The van der Waals surface area contributed by atoms with E-state index >= 15 is 0 Å². The maximum atomic E-state index is 13.7. The number of fused-ring (bicyclic) bond motifs is 4. The lowest BCUT2D eigenvalue weighted by atomic mass is 9.81. The van der Waals surface area contributed by atoms with Crippen LogP contribution in [0.2, 0.25) is 0 Å². The molecule has 0 fully saturated rings. The van der Waals surface area contributed by atoms with Crippen molar-refractivity contribution in [1.29, 1.82) is 0 Å². The molecule has 4 rings (SSSR count). The average Bonchev–Trinajstić information content (AvgIpc) is 2.75. The van der Waals surface area contributed by atoms with Crippen LogP contribution in [0.3, 0.4) is 0 Å². The number of aryl methyl sites for hydroxylation is 1. The number of hydrogen-bond donors (Lipinski definition) is 0. The summed E-state index contributed by atoms with van der Waals surface area (Å²) in [6.45, 7) is 10.5. The van der Waals surface area contributed by atoms with Gasteiger partial charge in [-0.15, -0.1) is 0 Å². The number of methoxy groups -OCH3 is 1. The van der Waals surface area contributed by atoms with E-state index < -0.39 is 12.0 Å². The zero-order valence-corrected chi connectivity index (χ0v) is 18.5. The quantitative estimate of drug-likeness (QED) is 0.602. The van der Waals surface area contributed by atoms with Crippen molar-refractivity contribution in [2.45, 2.75) is 39.2 Å². The Morgan fingerprint density at radius 2 is 2.06 bits per heavy atom. The summed E-state index contributed by atoms with van der Waals surface area (Å²) in [6.07, 6.45) is 4.03. The first-order chi connectivity index (χ1) is 14.9. The highest BCUT2D eigenvalue weighted by Gasteiger charge is 2.44. The highest BCUT2D eigenvalue weighted by atomic mass is 16.5. The molecule has 0 amide bonds. The van der Waals surface area contributed by atoms with Gasteiger partial charge < -0.3 is 18.9 Å². The monoisotopic (exact) mass is 420 g/mol. The normalized spacial score (nSPS) is 18.5. The fourth-order valence-corrected chi connectivity index (χ4v) is 4.19. The lowest BCUT2D eigenvalue weighted by Gasteiger charge is -2.38. The van der Waals surface area contributed by atoms with Gasteiger partial charge in [0.2, 0.25) is 0 Å². The molecule has 0 bridgehead atoms. The Labute approximate surface area is 183 Å². The van der Waals surface area contributed by atoms with Crippen LogP contribution in [0, 0.1) is 6.92 Å². The topological polar surface area (TPSA) is 54.0 Å². The first-order valence-electron chi connectivity index (χ1n) is 10.5. The molecule has 2 aliphatic heterocycles. The lowest BCUT2D eigenvalue weighted by molar-refractivity contribution is 0.0553. The second-order valence-electron chi connectivity index (χ2n) is 8.17. The minimum atomic E-state index is -0.429. The summed E-state index contributed by atoms with van der Waals surface area (Å²) < 4.78 is 23.8. The Kier molecular flexibility index (Phi) is 5.77. The fourth-order valence-electron chi connectivity index (χ4n) is 4.19. The summed E-state index contributed by atoms with van der Waals surface area (Å²) in [5.41, 5.74) is 4.42. The minimum absolute atomic E-state index is 0.0374. The van der Waals surface area contributed by atoms with E-state index in [-0.39, 0.29) is 5.78 Å². The van der Waals surface area contributed by atoms with Crippen LogP contribution in [0.1, 0.15) is 46.8 Å². The van der Waals surface area contributed by atoms with E-state index in [1.165, 1.54) is 5.57 Å². The predicted molar refractivity (Wildman–Crippen MR) is 120 cm³/mol. The average molecular weight is 421 g/mol. The van der Waals surface area contributed by atoms with E-state index in [4.69, 9.17) is 18.9 Å². The molecule has 2 aromatic carbocycles. The molecule has 0 aromatic heterocycles. The lowest BCUT2D eigenvalue weighted by Crippen LogP contribution is -2.43. The SMILES string of the molecule is C=CCOc1ccc2c(c1CC=C(C)C)O[C@@H]1COc3cc(C)c(OC)cc3[C@@H]1C2=O. The summed E-state index contributed by atoms with van der Waals surface area (Å²) in [5, 5.41) is 0. The number of rotatable bonds is 6. The zero-order valence-electron chi connectivity index (χ0n) is 18.5. The molecule has 2 atom stereocenters. The standard InChI is InChI=1S/C26H28O5/c1-6-11-29-20-10-9-18-25(27)24-19-13-21(28-5)16(4)12-22(19)30-14-23(24)31-26(18)17(20)8-7-15(2)3/h6-7,9-10,12-13,23-24H,1,8,11,14H2,2-5H3/t23-,24+/m1/s1. The smallest absolute Gasteiger partial charge is 0.178 e. The summed E-state index contributed by atoms with van der Waals surface area (Å²) >= 11 is 0. The summed E-state index contributed by atoms with van der Waals surface area (Å²) in [7, 11) is 1.63. The van der Waals surface area contributed by atoms with Crippen LogP contribution in [0.5, 0.6) is 23.0 Å². The van der Waals surface area contributed by atoms with E-state index in [1.54, 1.807) is 19.3 Å². The highest BCUT2D eigenvalue weighted by molar-refractivity contribution is 6.05. The molecule has 2 aromatic rings. The van der Waals surface area contributed by atoms with Crippen LogP contribution >= 0.6 is 0 Å². The first-order valence-corrected chi connectivity index (χ1v) is 10.5. The van der Waals surface area contributed by atoms with Gasteiger partial charge in [-0.1, -0.05) is 24.3 Å². The third kappa shape index (κ3) is 3.80. The van der Waals surface area contributed by atoms with Gasteiger partial charge in [0.15, 0.2) is 5.78 Å². The van der Waals surface area contributed by atoms with E-state index in [1.807, 2.05) is 39.0 Å². The van der Waals surface area contributed by atoms with Crippen molar-refractivity contribution in [1.82, 2.24) is 0 Å². The van der Waals surface area contributed by atoms with Gasteiger partial charge in [0.05, 0.1) is 18.6 Å². The predicted octanol–water partition coefficient (Wildman–Crippen LogP) is 5.20. The largest absolute Gasteiger partial charge is 0.496 e. The van der Waals surface area contributed by atoms with E-state index in [2.05, 4.69) is 12.7 Å². The van der Waals surface area contributed by atoms with Crippen molar-refractivity contribution in [3.63, 3.8) is 0 Å². The zero-order chi connectivity index (χ0) is 22.1. The van der Waals surface area contributed by atoms with Gasteiger partial charge in [-0.25, -0.2) is 0 Å². The molecule has 0 spiro atoms. The molecule has 0 N–H and O–H groups in total. The molecule has 31 heavy (non-hydrogen) atoms. The minimum Gasteiger partial charge on any atom is -0.496 e. The third-order valence-electron chi connectivity index (χ3n) is 5.74. The number of carbonyl (C=O) groups is 1. The molecule has 0 aliphatic carbocycles. The van der Waals surface area contributed by atoms with Gasteiger partial charge in [-0.3, -0.25) is 4.79 Å². The van der Waals surface area contributed by atoms with Crippen LogP contribution in [-0.4, -0.2) is 32.2 Å². The van der Waals surface area contributed by atoms with Gasteiger partial charge in [0.25, 0.3) is 0 Å². The number of ether oxygens (including phenoxy) is 4. The molecule has 0 unspecified atom stereocenters. The summed E-state index contributed by atoms with van der Waals surface area (Å²) in [4.78, 5) is 13.7.